The molecule has 0 aromatic heterocycles. The van der Waals surface area contributed by atoms with Gasteiger partial charge in [-0.1, -0.05) is 66.2 Å². The van der Waals surface area contributed by atoms with Gasteiger partial charge in [-0.05, 0) is 93.3 Å². The van der Waals surface area contributed by atoms with Crippen LogP contribution in [0, 0.1) is 20.8 Å². The van der Waals surface area contributed by atoms with Crippen molar-refractivity contribution in [3.63, 3.8) is 0 Å². The molecule has 9 heteroatoms. The summed E-state index contributed by atoms with van der Waals surface area (Å²) in [5.74, 6) is -0.236. The molecule has 0 radical (unpaired) electrons. The molecular weight excluding hydrogens is 598 g/mol. The largest absolute Gasteiger partial charge is 0.497 e. The number of carbonyl (C=O) groups excluding carboxylic acids is 2. The molecule has 0 spiro atoms. The highest BCUT2D eigenvalue weighted by molar-refractivity contribution is 7.92. The summed E-state index contributed by atoms with van der Waals surface area (Å²) in [6.45, 7) is 9.00. The lowest BCUT2D eigenvalue weighted by Crippen LogP contribution is -2.54. The van der Waals surface area contributed by atoms with Gasteiger partial charge in [-0.2, -0.15) is 0 Å². The molecule has 0 heterocycles. The van der Waals surface area contributed by atoms with Gasteiger partial charge in [0.2, 0.25) is 11.8 Å². The lowest BCUT2D eigenvalue weighted by Gasteiger charge is -2.34. The minimum Gasteiger partial charge on any atom is -0.497 e. The fourth-order valence-corrected chi connectivity index (χ4v) is 6.56. The predicted octanol–water partition coefficient (Wildman–Crippen LogP) is 5.98. The number of benzene rings is 4. The number of nitrogens with one attached hydrogen (secondary N) is 1. The van der Waals surface area contributed by atoms with Crippen LogP contribution in [0.2, 0.25) is 0 Å². The molecule has 4 rings (SSSR count). The summed E-state index contributed by atoms with van der Waals surface area (Å²) < 4.78 is 35.1. The summed E-state index contributed by atoms with van der Waals surface area (Å²) in [6.07, 6.45) is 0.240. The molecule has 8 nitrogen and oxygen atoms in total. The Kier molecular flexibility index (Phi) is 11.2. The van der Waals surface area contributed by atoms with Crippen LogP contribution in [0.5, 0.6) is 5.75 Å². The summed E-state index contributed by atoms with van der Waals surface area (Å²) in [5, 5.41) is 2.98. The number of hydrogen-bond donors (Lipinski definition) is 1. The fraction of sp³-hybridized carbons (Fsp3) is 0.297. The minimum atomic E-state index is -4.17. The lowest BCUT2D eigenvalue weighted by molar-refractivity contribution is -0.140. The lowest BCUT2D eigenvalue weighted by atomic mass is 10.0. The number of ether oxygens (including phenoxy) is 1. The number of methoxy groups -OCH3 is 1. The molecule has 0 aliphatic carbocycles. The van der Waals surface area contributed by atoms with Crippen LogP contribution in [-0.2, 0) is 32.6 Å². The Morgan fingerprint density at radius 1 is 0.804 bits per heavy atom. The number of nitrogens with zero attached hydrogens (tertiary/aromatic N) is 2. The zero-order valence-corrected chi connectivity index (χ0v) is 28.2. The average Bonchev–Trinajstić information content (AvgIpc) is 3.03. The summed E-state index contributed by atoms with van der Waals surface area (Å²) in [4.78, 5) is 30.0. The molecule has 0 aliphatic rings. The topological polar surface area (TPSA) is 96.0 Å². The molecule has 1 N–H and O–H groups in total. The first-order chi connectivity index (χ1) is 21.9. The molecule has 0 fully saturated rings. The van der Waals surface area contributed by atoms with Crippen molar-refractivity contribution in [1.29, 1.82) is 0 Å². The van der Waals surface area contributed by atoms with E-state index in [4.69, 9.17) is 4.74 Å². The van der Waals surface area contributed by atoms with Crippen LogP contribution >= 0.6 is 0 Å². The Morgan fingerprint density at radius 3 is 2.11 bits per heavy atom. The molecule has 0 unspecified atom stereocenters. The van der Waals surface area contributed by atoms with E-state index in [1.54, 1.807) is 49.6 Å². The highest BCUT2D eigenvalue weighted by Crippen LogP contribution is 2.27. The van der Waals surface area contributed by atoms with Gasteiger partial charge in [0.1, 0.15) is 18.3 Å². The van der Waals surface area contributed by atoms with E-state index in [0.717, 1.165) is 32.1 Å². The molecule has 0 saturated heterocycles. The first kappa shape index (κ1) is 34.2. The van der Waals surface area contributed by atoms with E-state index in [-0.39, 0.29) is 29.8 Å². The van der Waals surface area contributed by atoms with E-state index in [1.165, 1.54) is 4.90 Å². The van der Waals surface area contributed by atoms with E-state index in [1.807, 2.05) is 89.2 Å². The second-order valence-corrected chi connectivity index (χ2v) is 13.7. The maximum Gasteiger partial charge on any atom is 0.264 e. The molecule has 242 valence electrons. The van der Waals surface area contributed by atoms with Crippen molar-refractivity contribution >= 4 is 27.5 Å². The molecule has 0 bridgehead atoms. The van der Waals surface area contributed by atoms with E-state index >= 15 is 0 Å². The van der Waals surface area contributed by atoms with Gasteiger partial charge in [-0.3, -0.25) is 13.9 Å². The van der Waals surface area contributed by atoms with Crippen LogP contribution in [0.3, 0.4) is 0 Å². The summed E-state index contributed by atoms with van der Waals surface area (Å²) in [7, 11) is -2.61. The number of aryl methyl sites for hydroxylation is 3. The van der Waals surface area contributed by atoms with Crippen LogP contribution in [0.15, 0.2) is 102 Å². The smallest absolute Gasteiger partial charge is 0.264 e. The molecule has 4 aromatic carbocycles. The van der Waals surface area contributed by atoms with Crippen molar-refractivity contribution in [2.75, 3.05) is 18.0 Å². The van der Waals surface area contributed by atoms with Crippen molar-refractivity contribution in [1.82, 2.24) is 10.2 Å². The standard InChI is InChI=1S/C37H43N3O5S/c1-26(2)38-37(42)35(23-30-11-8-7-9-12-30)39(24-31-13-10-14-33(22-31)45-6)36(41)25-40(32-18-17-28(4)29(5)21-32)46(43,44)34-19-15-27(3)16-20-34/h7-22,26,35H,23-25H2,1-6H3,(H,38,42)/t35-/m0/s1. The third kappa shape index (κ3) is 8.54. The number of anilines is 1. The molecule has 0 aliphatic heterocycles. The monoisotopic (exact) mass is 641 g/mol. The van der Waals surface area contributed by atoms with E-state index in [2.05, 4.69) is 5.32 Å². The van der Waals surface area contributed by atoms with Gasteiger partial charge in [-0.25, -0.2) is 8.42 Å². The first-order valence-electron chi connectivity index (χ1n) is 15.3. The van der Waals surface area contributed by atoms with Crippen LogP contribution in [0.25, 0.3) is 0 Å². The third-order valence-corrected chi connectivity index (χ3v) is 9.64. The van der Waals surface area contributed by atoms with Crippen LogP contribution < -0.4 is 14.4 Å². The Balaban J connectivity index is 1.83. The number of sulfonamides is 1. The average molecular weight is 642 g/mol. The van der Waals surface area contributed by atoms with Crippen LogP contribution in [0.4, 0.5) is 5.69 Å². The van der Waals surface area contributed by atoms with Gasteiger partial charge < -0.3 is 15.0 Å². The van der Waals surface area contributed by atoms with Crippen LogP contribution in [0.1, 0.15) is 41.7 Å². The van der Waals surface area contributed by atoms with Gasteiger partial charge in [0.25, 0.3) is 10.0 Å². The maximum absolute atomic E-state index is 14.6. The summed E-state index contributed by atoms with van der Waals surface area (Å²) in [6, 6.07) is 27.6. The third-order valence-electron chi connectivity index (χ3n) is 7.86. The molecule has 46 heavy (non-hydrogen) atoms. The number of rotatable bonds is 13. The molecule has 2 amide bonds. The second kappa shape index (κ2) is 15.1. The molecule has 4 aromatic rings. The Bertz CT molecular complexity index is 1760. The fourth-order valence-electron chi connectivity index (χ4n) is 5.15. The zero-order valence-electron chi connectivity index (χ0n) is 27.4. The number of amides is 2. The number of carbonyl (C=O) groups is 2. The zero-order chi connectivity index (χ0) is 33.4. The molecule has 0 saturated carbocycles. The Labute approximate surface area is 273 Å². The Hall–Kier alpha value is -4.63. The van der Waals surface area contributed by atoms with Crippen molar-refractivity contribution in [2.24, 2.45) is 0 Å². The SMILES string of the molecule is COc1cccc(CN(C(=O)CN(c2ccc(C)c(C)c2)S(=O)(=O)c2ccc(C)cc2)[C@@H](Cc2ccccc2)C(=O)NC(C)C)c1. The quantitative estimate of drug-likeness (QED) is 0.194. The second-order valence-electron chi connectivity index (χ2n) is 11.8. The highest BCUT2D eigenvalue weighted by atomic mass is 32.2. The highest BCUT2D eigenvalue weighted by Gasteiger charge is 2.35. The van der Waals surface area contributed by atoms with Crippen molar-refractivity contribution in [2.45, 2.75) is 64.6 Å². The first-order valence-corrected chi connectivity index (χ1v) is 16.8. The van der Waals surface area contributed by atoms with E-state index in [0.29, 0.717) is 11.4 Å². The predicted molar refractivity (Wildman–Crippen MR) is 182 cm³/mol. The van der Waals surface area contributed by atoms with Gasteiger partial charge in [-0.15, -0.1) is 0 Å². The normalized spacial score (nSPS) is 12.0. The summed E-state index contributed by atoms with van der Waals surface area (Å²) >= 11 is 0. The molecule has 1 atom stereocenters. The van der Waals surface area contributed by atoms with Crippen molar-refractivity contribution in [3.8, 4) is 5.75 Å². The van der Waals surface area contributed by atoms with E-state index < -0.39 is 28.5 Å². The van der Waals surface area contributed by atoms with Crippen molar-refractivity contribution in [3.05, 3.63) is 125 Å². The maximum atomic E-state index is 14.6. The Morgan fingerprint density at radius 2 is 1.48 bits per heavy atom. The van der Waals surface area contributed by atoms with Gasteiger partial charge in [0, 0.05) is 19.0 Å². The number of hydrogen-bond acceptors (Lipinski definition) is 5. The van der Waals surface area contributed by atoms with E-state index in [9.17, 15) is 18.0 Å². The van der Waals surface area contributed by atoms with Crippen molar-refractivity contribution < 1.29 is 22.7 Å². The van der Waals surface area contributed by atoms with Gasteiger partial charge >= 0.3 is 0 Å². The molecular formula is C37H43N3O5S. The van der Waals surface area contributed by atoms with Gasteiger partial charge in [0.05, 0.1) is 17.7 Å². The minimum absolute atomic E-state index is 0.0599. The van der Waals surface area contributed by atoms with Gasteiger partial charge in [0.15, 0.2) is 0 Å². The van der Waals surface area contributed by atoms with Crippen LogP contribution in [-0.4, -0.2) is 50.9 Å². The summed E-state index contributed by atoms with van der Waals surface area (Å²) in [5.41, 5.74) is 4.77.